The number of aromatic nitrogens is 1. The summed E-state index contributed by atoms with van der Waals surface area (Å²) >= 11 is 0. The Morgan fingerprint density at radius 2 is 1.92 bits per heavy atom. The van der Waals surface area contributed by atoms with Gasteiger partial charge in [-0.25, -0.2) is 0 Å². The number of amides is 1. The summed E-state index contributed by atoms with van der Waals surface area (Å²) in [7, 11) is 1.71. The zero-order valence-electron chi connectivity index (χ0n) is 13.9. The molecule has 1 heterocycles. The first kappa shape index (κ1) is 17.7. The van der Waals surface area contributed by atoms with E-state index < -0.39 is 12.0 Å². The van der Waals surface area contributed by atoms with Crippen molar-refractivity contribution in [3.05, 3.63) is 47.9 Å². The minimum Gasteiger partial charge on any atom is -0.480 e. The van der Waals surface area contributed by atoms with Gasteiger partial charge in [0, 0.05) is 24.2 Å². The molecule has 0 saturated carbocycles. The second kappa shape index (κ2) is 7.74. The SMILES string of the molecule is CC(C)C(=O)Nc1ccc([C@@H](C(=O)O)N(C)Cc2ccon2)cc1. The van der Waals surface area contributed by atoms with E-state index in [0.29, 0.717) is 23.5 Å². The van der Waals surface area contributed by atoms with E-state index in [-0.39, 0.29) is 11.8 Å². The zero-order chi connectivity index (χ0) is 17.7. The molecule has 1 atom stereocenters. The third kappa shape index (κ3) is 4.42. The van der Waals surface area contributed by atoms with Crippen LogP contribution in [-0.4, -0.2) is 34.1 Å². The molecule has 0 aliphatic heterocycles. The van der Waals surface area contributed by atoms with Crippen LogP contribution in [0.1, 0.15) is 31.1 Å². The standard InChI is InChI=1S/C17H21N3O4/c1-11(2)16(21)18-13-6-4-12(5-7-13)15(17(22)23)20(3)10-14-8-9-24-19-14/h4-9,11,15H,10H2,1-3H3,(H,18,21)(H,22,23)/t15-/m0/s1. The molecule has 0 unspecified atom stereocenters. The summed E-state index contributed by atoms with van der Waals surface area (Å²) in [4.78, 5) is 25.0. The fraction of sp³-hybridized carbons (Fsp3) is 0.353. The second-order valence-corrected chi connectivity index (χ2v) is 5.91. The molecule has 2 N–H and O–H groups in total. The number of carbonyl (C=O) groups is 2. The lowest BCUT2D eigenvalue weighted by atomic mass is 10.0. The van der Waals surface area contributed by atoms with Crippen LogP contribution in [0.2, 0.25) is 0 Å². The molecule has 2 aromatic rings. The number of aliphatic carboxylic acids is 1. The van der Waals surface area contributed by atoms with E-state index in [0.717, 1.165) is 0 Å². The lowest BCUT2D eigenvalue weighted by Gasteiger charge is -2.24. The molecule has 128 valence electrons. The first-order valence-corrected chi connectivity index (χ1v) is 7.61. The fourth-order valence-corrected chi connectivity index (χ4v) is 2.29. The number of anilines is 1. The van der Waals surface area contributed by atoms with Gasteiger partial charge in [0.15, 0.2) is 0 Å². The molecular weight excluding hydrogens is 310 g/mol. The highest BCUT2D eigenvalue weighted by atomic mass is 16.5. The van der Waals surface area contributed by atoms with Crippen LogP contribution in [0.3, 0.4) is 0 Å². The highest BCUT2D eigenvalue weighted by Gasteiger charge is 2.25. The summed E-state index contributed by atoms with van der Waals surface area (Å²) in [5, 5.41) is 16.1. The largest absolute Gasteiger partial charge is 0.480 e. The zero-order valence-corrected chi connectivity index (χ0v) is 13.9. The van der Waals surface area contributed by atoms with Gasteiger partial charge in [0.1, 0.15) is 12.3 Å². The number of benzene rings is 1. The molecule has 24 heavy (non-hydrogen) atoms. The first-order chi connectivity index (χ1) is 11.4. The van der Waals surface area contributed by atoms with E-state index >= 15 is 0 Å². The van der Waals surface area contributed by atoms with Crippen molar-refractivity contribution in [3.63, 3.8) is 0 Å². The molecule has 0 bridgehead atoms. The van der Waals surface area contributed by atoms with Crippen molar-refractivity contribution in [1.29, 1.82) is 0 Å². The van der Waals surface area contributed by atoms with Gasteiger partial charge < -0.3 is 14.9 Å². The van der Waals surface area contributed by atoms with E-state index in [4.69, 9.17) is 4.52 Å². The van der Waals surface area contributed by atoms with Gasteiger partial charge in [-0.05, 0) is 24.7 Å². The van der Waals surface area contributed by atoms with Crippen molar-refractivity contribution in [2.45, 2.75) is 26.4 Å². The van der Waals surface area contributed by atoms with Crippen molar-refractivity contribution < 1.29 is 19.2 Å². The van der Waals surface area contributed by atoms with Gasteiger partial charge in [0.05, 0.1) is 5.69 Å². The van der Waals surface area contributed by atoms with Crippen molar-refractivity contribution in [2.75, 3.05) is 12.4 Å². The fourth-order valence-electron chi connectivity index (χ4n) is 2.29. The quantitative estimate of drug-likeness (QED) is 0.809. The predicted molar refractivity (Wildman–Crippen MR) is 88.3 cm³/mol. The molecule has 0 fully saturated rings. The molecule has 7 nitrogen and oxygen atoms in total. The number of nitrogens with zero attached hydrogens (tertiary/aromatic N) is 2. The first-order valence-electron chi connectivity index (χ1n) is 7.61. The average Bonchev–Trinajstić information content (AvgIpc) is 3.01. The number of carboxylic acids is 1. The Labute approximate surface area is 140 Å². The van der Waals surface area contributed by atoms with Crippen molar-refractivity contribution in [1.82, 2.24) is 10.1 Å². The van der Waals surface area contributed by atoms with Gasteiger partial charge in [0.25, 0.3) is 0 Å². The molecule has 1 aromatic heterocycles. The number of rotatable bonds is 7. The molecule has 0 radical (unpaired) electrons. The molecule has 7 heteroatoms. The number of hydrogen-bond donors (Lipinski definition) is 2. The molecule has 0 aliphatic carbocycles. The third-order valence-electron chi connectivity index (χ3n) is 3.60. The number of likely N-dealkylation sites (N-methyl/N-ethyl adjacent to an activating group) is 1. The van der Waals surface area contributed by atoms with E-state index in [9.17, 15) is 14.7 Å². The minimum atomic E-state index is -0.958. The smallest absolute Gasteiger partial charge is 0.325 e. The van der Waals surface area contributed by atoms with Crippen LogP contribution in [0.4, 0.5) is 5.69 Å². The predicted octanol–water partition coefficient (Wildman–Crippen LogP) is 2.53. The van der Waals surface area contributed by atoms with Gasteiger partial charge in [-0.15, -0.1) is 0 Å². The van der Waals surface area contributed by atoms with Gasteiger partial charge in [-0.1, -0.05) is 31.1 Å². The van der Waals surface area contributed by atoms with Crippen molar-refractivity contribution in [3.8, 4) is 0 Å². The molecule has 1 amide bonds. The number of carboxylic acid groups (broad SMARTS) is 1. The molecule has 0 spiro atoms. The average molecular weight is 331 g/mol. The maximum Gasteiger partial charge on any atom is 0.325 e. The maximum atomic E-state index is 11.7. The van der Waals surface area contributed by atoms with Crippen LogP contribution in [-0.2, 0) is 16.1 Å². The summed E-state index contributed by atoms with van der Waals surface area (Å²) in [6, 6.07) is 7.68. The van der Waals surface area contributed by atoms with E-state index in [1.807, 2.05) is 13.8 Å². The summed E-state index contributed by atoms with van der Waals surface area (Å²) in [5.41, 5.74) is 1.92. The highest BCUT2D eigenvalue weighted by Crippen LogP contribution is 2.23. The Morgan fingerprint density at radius 3 is 2.42 bits per heavy atom. The lowest BCUT2D eigenvalue weighted by Crippen LogP contribution is -2.30. The van der Waals surface area contributed by atoms with Gasteiger partial charge in [-0.2, -0.15) is 0 Å². The third-order valence-corrected chi connectivity index (χ3v) is 3.60. The summed E-state index contributed by atoms with van der Waals surface area (Å²) < 4.78 is 4.77. The highest BCUT2D eigenvalue weighted by molar-refractivity contribution is 5.92. The Bertz CT molecular complexity index is 680. The van der Waals surface area contributed by atoms with Gasteiger partial charge >= 0.3 is 5.97 Å². The van der Waals surface area contributed by atoms with Gasteiger partial charge in [-0.3, -0.25) is 14.5 Å². The Kier molecular flexibility index (Phi) is 5.70. The van der Waals surface area contributed by atoms with Crippen molar-refractivity contribution >= 4 is 17.6 Å². The van der Waals surface area contributed by atoms with Crippen LogP contribution in [0, 0.1) is 5.92 Å². The summed E-state index contributed by atoms with van der Waals surface area (Å²) in [6.45, 7) is 3.96. The second-order valence-electron chi connectivity index (χ2n) is 5.91. The molecule has 0 saturated heterocycles. The molecular formula is C17H21N3O4. The number of hydrogen-bond acceptors (Lipinski definition) is 5. The summed E-state index contributed by atoms with van der Waals surface area (Å²) in [5.74, 6) is -1.16. The monoisotopic (exact) mass is 331 g/mol. The number of carbonyl (C=O) groups excluding carboxylic acids is 1. The Morgan fingerprint density at radius 1 is 1.25 bits per heavy atom. The van der Waals surface area contributed by atoms with E-state index in [2.05, 4.69) is 10.5 Å². The molecule has 1 aromatic carbocycles. The molecule has 0 aliphatic rings. The van der Waals surface area contributed by atoms with Crippen LogP contribution >= 0.6 is 0 Å². The number of nitrogens with one attached hydrogen (secondary N) is 1. The van der Waals surface area contributed by atoms with Crippen LogP contribution in [0.25, 0.3) is 0 Å². The Hall–Kier alpha value is -2.67. The van der Waals surface area contributed by atoms with Crippen molar-refractivity contribution in [2.24, 2.45) is 5.92 Å². The minimum absolute atomic E-state index is 0.0827. The van der Waals surface area contributed by atoms with Crippen LogP contribution < -0.4 is 5.32 Å². The van der Waals surface area contributed by atoms with E-state index in [1.54, 1.807) is 42.3 Å². The normalized spacial score (nSPS) is 12.4. The topological polar surface area (TPSA) is 95.7 Å². The Balaban J connectivity index is 2.13. The maximum absolute atomic E-state index is 11.7. The van der Waals surface area contributed by atoms with Crippen LogP contribution in [0.5, 0.6) is 0 Å². The summed E-state index contributed by atoms with van der Waals surface area (Å²) in [6.07, 6.45) is 1.45. The van der Waals surface area contributed by atoms with Crippen LogP contribution in [0.15, 0.2) is 41.1 Å². The molecule has 2 rings (SSSR count). The van der Waals surface area contributed by atoms with Gasteiger partial charge in [0.2, 0.25) is 5.91 Å². The van der Waals surface area contributed by atoms with E-state index in [1.165, 1.54) is 6.26 Å². The lowest BCUT2D eigenvalue weighted by molar-refractivity contribution is -0.143.